The van der Waals surface area contributed by atoms with Gasteiger partial charge in [-0.05, 0) is 12.8 Å². The SMILES string of the molecule is CC(=O)S[C@@H]1CCC[C@@H]1C(=O)O. The first-order valence-electron chi connectivity index (χ1n) is 4.01. The van der Waals surface area contributed by atoms with Crippen LogP contribution in [0.15, 0.2) is 0 Å². The van der Waals surface area contributed by atoms with Gasteiger partial charge < -0.3 is 5.11 Å². The molecule has 0 unspecified atom stereocenters. The fourth-order valence-corrected chi connectivity index (χ4v) is 2.69. The summed E-state index contributed by atoms with van der Waals surface area (Å²) in [5.41, 5.74) is 0. The molecule has 1 saturated carbocycles. The summed E-state index contributed by atoms with van der Waals surface area (Å²) in [6.07, 6.45) is 2.52. The van der Waals surface area contributed by atoms with Crippen LogP contribution in [0.3, 0.4) is 0 Å². The highest BCUT2D eigenvalue weighted by atomic mass is 32.2. The molecular weight excluding hydrogens is 176 g/mol. The predicted molar refractivity (Wildman–Crippen MR) is 47.0 cm³/mol. The van der Waals surface area contributed by atoms with E-state index in [1.54, 1.807) is 0 Å². The molecular formula is C8H12O3S. The lowest BCUT2D eigenvalue weighted by molar-refractivity contribution is -0.141. The summed E-state index contributed by atoms with van der Waals surface area (Å²) in [7, 11) is 0. The first kappa shape index (κ1) is 9.58. The molecule has 1 rings (SSSR count). The molecule has 1 aliphatic carbocycles. The maximum absolute atomic E-state index is 10.7. The zero-order valence-corrected chi connectivity index (χ0v) is 7.76. The second kappa shape index (κ2) is 3.94. The zero-order chi connectivity index (χ0) is 9.14. The highest BCUT2D eigenvalue weighted by Crippen LogP contribution is 2.35. The molecule has 12 heavy (non-hydrogen) atoms. The Morgan fingerprint density at radius 2 is 2.08 bits per heavy atom. The molecule has 0 amide bonds. The molecule has 0 radical (unpaired) electrons. The van der Waals surface area contributed by atoms with Gasteiger partial charge in [0.1, 0.15) is 0 Å². The van der Waals surface area contributed by atoms with Crippen molar-refractivity contribution in [3.05, 3.63) is 0 Å². The van der Waals surface area contributed by atoms with Gasteiger partial charge in [0.2, 0.25) is 0 Å². The number of carboxylic acid groups (broad SMARTS) is 1. The lowest BCUT2D eigenvalue weighted by Gasteiger charge is -2.12. The van der Waals surface area contributed by atoms with Crippen LogP contribution < -0.4 is 0 Å². The molecule has 0 aromatic rings. The number of carbonyl (C=O) groups excluding carboxylic acids is 1. The van der Waals surface area contributed by atoms with Gasteiger partial charge in [-0.3, -0.25) is 9.59 Å². The maximum atomic E-state index is 10.7. The standard InChI is InChI=1S/C8H12O3S/c1-5(9)12-7-4-2-3-6(7)8(10)11/h6-7H,2-4H2,1H3,(H,10,11)/t6-,7+/m0/s1. The van der Waals surface area contributed by atoms with Crippen LogP contribution in [0.25, 0.3) is 0 Å². The van der Waals surface area contributed by atoms with Gasteiger partial charge in [-0.2, -0.15) is 0 Å². The molecule has 1 N–H and O–H groups in total. The Kier molecular flexibility index (Phi) is 3.14. The van der Waals surface area contributed by atoms with Crippen LogP contribution in [0, 0.1) is 5.92 Å². The van der Waals surface area contributed by atoms with Crippen LogP contribution in [0.2, 0.25) is 0 Å². The number of rotatable bonds is 2. The summed E-state index contributed by atoms with van der Waals surface area (Å²) in [6, 6.07) is 0. The second-order valence-corrected chi connectivity index (χ2v) is 4.44. The molecule has 1 aliphatic rings. The number of carbonyl (C=O) groups is 2. The summed E-state index contributed by atoms with van der Waals surface area (Å²) in [5, 5.41) is 8.81. The first-order chi connectivity index (χ1) is 5.61. The van der Waals surface area contributed by atoms with E-state index >= 15 is 0 Å². The third kappa shape index (κ3) is 2.24. The van der Waals surface area contributed by atoms with Crippen molar-refractivity contribution < 1.29 is 14.7 Å². The number of hydrogen-bond donors (Lipinski definition) is 1. The smallest absolute Gasteiger partial charge is 0.307 e. The topological polar surface area (TPSA) is 54.4 Å². The van der Waals surface area contributed by atoms with Crippen LogP contribution >= 0.6 is 11.8 Å². The van der Waals surface area contributed by atoms with E-state index in [9.17, 15) is 9.59 Å². The number of carboxylic acids is 1. The minimum absolute atomic E-state index is 0.0139. The lowest BCUT2D eigenvalue weighted by Crippen LogP contribution is -2.20. The molecule has 4 heteroatoms. The molecule has 0 spiro atoms. The molecule has 0 aromatic carbocycles. The fraction of sp³-hybridized carbons (Fsp3) is 0.750. The van der Waals surface area contributed by atoms with Gasteiger partial charge in [0.25, 0.3) is 0 Å². The second-order valence-electron chi connectivity index (χ2n) is 3.02. The van der Waals surface area contributed by atoms with Gasteiger partial charge in [0, 0.05) is 12.2 Å². The van der Waals surface area contributed by atoms with E-state index in [0.29, 0.717) is 0 Å². The van der Waals surface area contributed by atoms with Crippen LogP contribution in [-0.4, -0.2) is 21.4 Å². The summed E-state index contributed by atoms with van der Waals surface area (Å²) < 4.78 is 0. The molecule has 0 aliphatic heterocycles. The monoisotopic (exact) mass is 188 g/mol. The highest BCUT2D eigenvalue weighted by Gasteiger charge is 2.33. The molecule has 0 aromatic heterocycles. The molecule has 2 atom stereocenters. The normalized spacial score (nSPS) is 28.8. The Hall–Kier alpha value is -0.510. The van der Waals surface area contributed by atoms with E-state index < -0.39 is 5.97 Å². The summed E-state index contributed by atoms with van der Waals surface area (Å²) in [4.78, 5) is 21.4. The van der Waals surface area contributed by atoms with Gasteiger partial charge >= 0.3 is 5.97 Å². The third-order valence-electron chi connectivity index (χ3n) is 2.09. The average molecular weight is 188 g/mol. The van der Waals surface area contributed by atoms with Gasteiger partial charge in [-0.25, -0.2) is 0 Å². The molecule has 0 saturated heterocycles. The van der Waals surface area contributed by atoms with Crippen molar-refractivity contribution in [2.45, 2.75) is 31.4 Å². The van der Waals surface area contributed by atoms with Crippen molar-refractivity contribution in [2.24, 2.45) is 5.92 Å². The van der Waals surface area contributed by atoms with Gasteiger partial charge in [-0.1, -0.05) is 18.2 Å². The molecule has 68 valence electrons. The van der Waals surface area contributed by atoms with Crippen LogP contribution in [0.4, 0.5) is 0 Å². The Balaban J connectivity index is 2.52. The summed E-state index contributed by atoms with van der Waals surface area (Å²) in [6.45, 7) is 1.49. The quantitative estimate of drug-likeness (QED) is 0.713. The number of thioether (sulfide) groups is 1. The van der Waals surface area contributed by atoms with Crippen molar-refractivity contribution in [3.8, 4) is 0 Å². The minimum Gasteiger partial charge on any atom is -0.481 e. The zero-order valence-electron chi connectivity index (χ0n) is 6.95. The van der Waals surface area contributed by atoms with Crippen molar-refractivity contribution >= 4 is 22.8 Å². The number of aliphatic carboxylic acids is 1. The Morgan fingerprint density at radius 1 is 1.42 bits per heavy atom. The minimum atomic E-state index is -0.758. The Labute approximate surface area is 75.5 Å². The molecule has 3 nitrogen and oxygen atoms in total. The van der Waals surface area contributed by atoms with Crippen molar-refractivity contribution in [3.63, 3.8) is 0 Å². The Bertz CT molecular complexity index is 202. The lowest BCUT2D eigenvalue weighted by atomic mass is 10.1. The van der Waals surface area contributed by atoms with E-state index in [0.717, 1.165) is 19.3 Å². The summed E-state index contributed by atoms with van der Waals surface area (Å²) in [5.74, 6) is -1.06. The fourth-order valence-electron chi connectivity index (χ4n) is 1.56. The van der Waals surface area contributed by atoms with Gasteiger partial charge in [0.05, 0.1) is 5.92 Å². The number of hydrogen-bond acceptors (Lipinski definition) is 3. The average Bonchev–Trinajstić information content (AvgIpc) is 2.33. The van der Waals surface area contributed by atoms with Crippen LogP contribution in [0.1, 0.15) is 26.2 Å². The van der Waals surface area contributed by atoms with Crippen molar-refractivity contribution in [1.82, 2.24) is 0 Å². The molecule has 1 fully saturated rings. The third-order valence-corrected chi connectivity index (χ3v) is 3.29. The van der Waals surface area contributed by atoms with Crippen molar-refractivity contribution in [1.29, 1.82) is 0 Å². The summed E-state index contributed by atoms with van der Waals surface area (Å²) >= 11 is 1.18. The van der Waals surface area contributed by atoms with Crippen LogP contribution in [0.5, 0.6) is 0 Å². The van der Waals surface area contributed by atoms with E-state index in [1.807, 2.05) is 0 Å². The van der Waals surface area contributed by atoms with E-state index in [2.05, 4.69) is 0 Å². The maximum Gasteiger partial charge on any atom is 0.307 e. The van der Waals surface area contributed by atoms with E-state index in [4.69, 9.17) is 5.11 Å². The van der Waals surface area contributed by atoms with Crippen molar-refractivity contribution in [2.75, 3.05) is 0 Å². The first-order valence-corrected chi connectivity index (χ1v) is 4.89. The largest absolute Gasteiger partial charge is 0.481 e. The predicted octanol–water partition coefficient (Wildman–Crippen LogP) is 1.52. The van der Waals surface area contributed by atoms with E-state index in [1.165, 1.54) is 18.7 Å². The Morgan fingerprint density at radius 3 is 2.58 bits per heavy atom. The van der Waals surface area contributed by atoms with Crippen LogP contribution in [-0.2, 0) is 9.59 Å². The van der Waals surface area contributed by atoms with E-state index in [-0.39, 0.29) is 16.3 Å². The van der Waals surface area contributed by atoms with Gasteiger partial charge in [0.15, 0.2) is 5.12 Å². The molecule has 0 heterocycles. The highest BCUT2D eigenvalue weighted by molar-refractivity contribution is 8.14. The van der Waals surface area contributed by atoms with Gasteiger partial charge in [-0.15, -0.1) is 0 Å². The molecule has 0 bridgehead atoms.